The largest absolute Gasteiger partial charge is 0.337 e. The van der Waals surface area contributed by atoms with Crippen molar-refractivity contribution in [1.82, 2.24) is 29.5 Å². The summed E-state index contributed by atoms with van der Waals surface area (Å²) < 4.78 is 17.8. The first-order valence-corrected chi connectivity index (χ1v) is 8.52. The lowest BCUT2D eigenvalue weighted by molar-refractivity contribution is 0.220. The molecule has 0 amide bonds. The zero-order valence-corrected chi connectivity index (χ0v) is 14.9. The Bertz CT molecular complexity index is 659. The van der Waals surface area contributed by atoms with Crippen molar-refractivity contribution in [2.24, 2.45) is 14.1 Å². The molecule has 2 aromatic heterocycles. The molecule has 3 rings (SSSR count). The number of nitrogens with one attached hydrogen (secondary N) is 1. The number of nitrogens with zero attached hydrogens (tertiary/aromatic N) is 5. The van der Waals surface area contributed by atoms with E-state index in [-0.39, 0.29) is 12.1 Å². The van der Waals surface area contributed by atoms with Gasteiger partial charge in [-0.25, -0.2) is 9.37 Å². The van der Waals surface area contributed by atoms with E-state index in [2.05, 4.69) is 33.3 Å². The summed E-state index contributed by atoms with van der Waals surface area (Å²) in [5, 5.41) is 8.03. The highest BCUT2D eigenvalue weighted by atomic mass is 19.1. The maximum atomic E-state index is 13.9. The van der Waals surface area contributed by atoms with Crippen molar-refractivity contribution in [1.29, 1.82) is 0 Å². The van der Waals surface area contributed by atoms with Gasteiger partial charge in [0.05, 0.1) is 12.2 Å². The van der Waals surface area contributed by atoms with Crippen molar-refractivity contribution in [3.05, 3.63) is 35.7 Å². The van der Waals surface area contributed by atoms with Gasteiger partial charge in [-0.1, -0.05) is 0 Å². The number of halogens is 1. The number of aryl methyl sites for hydroxylation is 3. The lowest BCUT2D eigenvalue weighted by Crippen LogP contribution is -2.39. The van der Waals surface area contributed by atoms with E-state index in [4.69, 9.17) is 0 Å². The topological polar surface area (TPSA) is 50.9 Å². The van der Waals surface area contributed by atoms with Crippen LogP contribution in [-0.2, 0) is 20.6 Å². The molecule has 0 radical (unpaired) electrons. The molecule has 0 saturated carbocycles. The van der Waals surface area contributed by atoms with Crippen LogP contribution in [0.4, 0.5) is 4.39 Å². The molecule has 1 unspecified atom stereocenters. The molecule has 7 heteroatoms. The van der Waals surface area contributed by atoms with Gasteiger partial charge < -0.3 is 9.88 Å². The third-order valence-corrected chi connectivity index (χ3v) is 4.98. The van der Waals surface area contributed by atoms with E-state index < -0.39 is 6.17 Å². The first-order valence-electron chi connectivity index (χ1n) is 8.52. The number of imidazole rings is 1. The van der Waals surface area contributed by atoms with E-state index in [1.54, 1.807) is 6.20 Å². The first-order chi connectivity index (χ1) is 11.4. The van der Waals surface area contributed by atoms with Gasteiger partial charge in [0.1, 0.15) is 12.0 Å². The molecule has 0 spiro atoms. The number of alkyl halides is 1. The van der Waals surface area contributed by atoms with Gasteiger partial charge in [-0.3, -0.25) is 9.58 Å². The maximum Gasteiger partial charge on any atom is 0.122 e. The second kappa shape index (κ2) is 7.03. The molecule has 3 heterocycles. The summed E-state index contributed by atoms with van der Waals surface area (Å²) in [5.74, 6) is 0.975. The molecule has 1 aliphatic heterocycles. The molecule has 0 bridgehead atoms. The average molecular weight is 334 g/mol. The number of hydrogen-bond acceptors (Lipinski definition) is 4. The molecule has 1 N–H and O–H groups in total. The fourth-order valence-electron chi connectivity index (χ4n) is 3.28. The van der Waals surface area contributed by atoms with E-state index in [1.165, 1.54) is 0 Å². The number of likely N-dealkylation sites (tertiary alicyclic amines) is 1. The molecular formula is C17H27FN6. The van der Waals surface area contributed by atoms with Crippen LogP contribution in [0.3, 0.4) is 0 Å². The van der Waals surface area contributed by atoms with Crippen LogP contribution in [0.2, 0.25) is 0 Å². The molecule has 132 valence electrons. The standard InChI is InChI=1S/C17H27FN6/c1-12-7-16(21-23(12)4)13(2)20-9-15-8-14(18)10-24(15)11-17-19-5-6-22(17)3/h5-7,13-15,20H,8-11H2,1-4H3/t13?,14-,15-/m0/s1. The summed E-state index contributed by atoms with van der Waals surface area (Å²) >= 11 is 0. The first kappa shape index (κ1) is 17.1. The minimum atomic E-state index is -0.760. The van der Waals surface area contributed by atoms with Gasteiger partial charge in [-0.2, -0.15) is 5.10 Å². The second-order valence-corrected chi connectivity index (χ2v) is 6.83. The lowest BCUT2D eigenvalue weighted by Gasteiger charge is -2.25. The zero-order valence-electron chi connectivity index (χ0n) is 14.9. The lowest BCUT2D eigenvalue weighted by atomic mass is 10.1. The van der Waals surface area contributed by atoms with E-state index in [0.717, 1.165) is 23.8 Å². The van der Waals surface area contributed by atoms with Gasteiger partial charge in [-0.05, 0) is 26.3 Å². The van der Waals surface area contributed by atoms with E-state index >= 15 is 0 Å². The van der Waals surface area contributed by atoms with Crippen molar-refractivity contribution in [2.75, 3.05) is 13.1 Å². The van der Waals surface area contributed by atoms with Crippen molar-refractivity contribution in [3.8, 4) is 0 Å². The summed E-state index contributed by atoms with van der Waals surface area (Å²) in [6, 6.07) is 2.43. The summed E-state index contributed by atoms with van der Waals surface area (Å²) in [6.07, 6.45) is 3.53. The number of aromatic nitrogens is 4. The van der Waals surface area contributed by atoms with Crippen molar-refractivity contribution in [2.45, 2.75) is 45.1 Å². The molecule has 1 aliphatic rings. The summed E-state index contributed by atoms with van der Waals surface area (Å²) in [4.78, 5) is 6.55. The number of hydrogen-bond donors (Lipinski definition) is 1. The minimum absolute atomic E-state index is 0.151. The van der Waals surface area contributed by atoms with E-state index in [0.29, 0.717) is 19.5 Å². The molecule has 2 aromatic rings. The molecular weight excluding hydrogens is 307 g/mol. The highest BCUT2D eigenvalue weighted by Gasteiger charge is 2.32. The Morgan fingerprint density at radius 3 is 2.83 bits per heavy atom. The normalized spacial score (nSPS) is 23.0. The summed E-state index contributed by atoms with van der Waals surface area (Å²) in [5.41, 5.74) is 2.17. The molecule has 0 aliphatic carbocycles. The fraction of sp³-hybridized carbons (Fsp3) is 0.647. The SMILES string of the molecule is Cc1cc(C(C)NC[C@@H]2C[C@H](F)CN2Cc2nccn2C)nn1C. The van der Waals surface area contributed by atoms with Gasteiger partial charge in [0.15, 0.2) is 0 Å². The van der Waals surface area contributed by atoms with Gasteiger partial charge in [0, 0.05) is 57.4 Å². The summed E-state index contributed by atoms with van der Waals surface area (Å²) in [6.45, 7) is 6.07. The molecule has 24 heavy (non-hydrogen) atoms. The predicted molar refractivity (Wildman–Crippen MR) is 91.3 cm³/mol. The van der Waals surface area contributed by atoms with Crippen LogP contribution in [0.15, 0.2) is 18.5 Å². The average Bonchev–Trinajstić information content (AvgIpc) is 3.19. The van der Waals surface area contributed by atoms with Gasteiger partial charge >= 0.3 is 0 Å². The van der Waals surface area contributed by atoms with Crippen LogP contribution in [0, 0.1) is 6.92 Å². The Labute approximate surface area is 142 Å². The van der Waals surface area contributed by atoms with E-state index in [9.17, 15) is 4.39 Å². The van der Waals surface area contributed by atoms with Crippen molar-refractivity contribution < 1.29 is 4.39 Å². The van der Waals surface area contributed by atoms with Crippen LogP contribution >= 0.6 is 0 Å². The smallest absolute Gasteiger partial charge is 0.122 e. The highest BCUT2D eigenvalue weighted by Crippen LogP contribution is 2.23. The van der Waals surface area contributed by atoms with Crippen LogP contribution in [0.5, 0.6) is 0 Å². The predicted octanol–water partition coefficient (Wildman–Crippen LogP) is 1.73. The third-order valence-electron chi connectivity index (χ3n) is 4.98. The zero-order chi connectivity index (χ0) is 17.3. The van der Waals surface area contributed by atoms with Crippen molar-refractivity contribution in [3.63, 3.8) is 0 Å². The van der Waals surface area contributed by atoms with Crippen molar-refractivity contribution >= 4 is 0 Å². The summed E-state index contributed by atoms with van der Waals surface area (Å²) in [7, 11) is 3.93. The Balaban J connectivity index is 1.59. The molecule has 1 fully saturated rings. The van der Waals surface area contributed by atoms with Crippen LogP contribution < -0.4 is 5.32 Å². The Morgan fingerprint density at radius 1 is 1.42 bits per heavy atom. The van der Waals surface area contributed by atoms with Crippen LogP contribution in [0.25, 0.3) is 0 Å². The van der Waals surface area contributed by atoms with Gasteiger partial charge in [-0.15, -0.1) is 0 Å². The molecule has 6 nitrogen and oxygen atoms in total. The Kier molecular flexibility index (Phi) is 5.01. The van der Waals surface area contributed by atoms with Gasteiger partial charge in [0.2, 0.25) is 0 Å². The molecule has 1 saturated heterocycles. The molecule has 3 atom stereocenters. The monoisotopic (exact) mass is 334 g/mol. The van der Waals surface area contributed by atoms with Gasteiger partial charge in [0.25, 0.3) is 0 Å². The third kappa shape index (κ3) is 3.67. The maximum absolute atomic E-state index is 13.9. The fourth-order valence-corrected chi connectivity index (χ4v) is 3.28. The Morgan fingerprint density at radius 2 is 2.21 bits per heavy atom. The van der Waals surface area contributed by atoms with E-state index in [1.807, 2.05) is 36.5 Å². The highest BCUT2D eigenvalue weighted by molar-refractivity contribution is 5.12. The minimum Gasteiger partial charge on any atom is -0.337 e. The second-order valence-electron chi connectivity index (χ2n) is 6.83. The quantitative estimate of drug-likeness (QED) is 0.874. The molecule has 0 aromatic carbocycles. The Hall–Kier alpha value is -1.73. The van der Waals surface area contributed by atoms with Crippen LogP contribution in [-0.4, -0.2) is 49.5 Å². The number of rotatable bonds is 6. The van der Waals surface area contributed by atoms with Crippen LogP contribution in [0.1, 0.15) is 36.6 Å².